The molecule has 1 unspecified atom stereocenters. The molecule has 0 saturated heterocycles. The summed E-state index contributed by atoms with van der Waals surface area (Å²) in [5.74, 6) is 1.35. The smallest absolute Gasteiger partial charge is 0.466 e. The summed E-state index contributed by atoms with van der Waals surface area (Å²) >= 11 is 0. The highest BCUT2D eigenvalue weighted by Gasteiger charge is 2.27. The van der Waals surface area contributed by atoms with E-state index in [9.17, 15) is 24.2 Å². The second-order valence-corrected chi connectivity index (χ2v) is 18.4. The SMILES string of the molecule is CCCCCc1oc(CCCCCCCCC(=O)O[C@H](COC(=O)CCC/C=C\C/C=C\C/C=C\C/C=C\CCC[C@@H](C)O)COP(=O)(O)OCC[N+](C)(C)C)c(C)c1C. The number of furan rings is 1. The van der Waals surface area contributed by atoms with Gasteiger partial charge in [0.15, 0.2) is 6.10 Å². The summed E-state index contributed by atoms with van der Waals surface area (Å²) in [6.07, 6.45) is 34.2. The molecule has 12 heteroatoms. The molecule has 1 aromatic rings. The molecule has 0 fully saturated rings. The Kier molecular flexibility index (Phi) is 31.1. The van der Waals surface area contributed by atoms with Crippen LogP contribution in [0.2, 0.25) is 0 Å². The molecule has 60 heavy (non-hydrogen) atoms. The molecule has 3 atom stereocenters. The van der Waals surface area contributed by atoms with Crippen molar-refractivity contribution in [1.29, 1.82) is 0 Å². The molecule has 0 spiro atoms. The Bertz CT molecular complexity index is 1460. The third-order valence-corrected chi connectivity index (χ3v) is 11.1. The van der Waals surface area contributed by atoms with Crippen molar-refractivity contribution in [2.75, 3.05) is 47.5 Å². The van der Waals surface area contributed by atoms with E-state index >= 15 is 0 Å². The lowest BCUT2D eigenvalue weighted by molar-refractivity contribution is -0.870. The van der Waals surface area contributed by atoms with Gasteiger partial charge in [0, 0.05) is 25.7 Å². The van der Waals surface area contributed by atoms with Crippen LogP contribution in [0.15, 0.2) is 53.0 Å². The lowest BCUT2D eigenvalue weighted by Gasteiger charge is -2.24. The van der Waals surface area contributed by atoms with Gasteiger partial charge in [0.05, 0.1) is 33.9 Å². The predicted molar refractivity (Wildman–Crippen MR) is 243 cm³/mol. The molecule has 0 aliphatic rings. The van der Waals surface area contributed by atoms with E-state index in [1.807, 2.05) is 34.1 Å². The highest BCUT2D eigenvalue weighted by molar-refractivity contribution is 7.47. The molecule has 1 heterocycles. The molecule has 1 rings (SSSR count). The third-order valence-electron chi connectivity index (χ3n) is 10.1. The van der Waals surface area contributed by atoms with Crippen LogP contribution in [0.1, 0.15) is 158 Å². The topological polar surface area (TPSA) is 142 Å². The largest absolute Gasteiger partial charge is 0.472 e. The molecule has 1 aromatic heterocycles. The van der Waals surface area contributed by atoms with Gasteiger partial charge < -0.3 is 28.4 Å². The average molecular weight is 865 g/mol. The molecular formula is C48H83NO10P+. The first-order chi connectivity index (χ1) is 28.6. The number of phosphoric ester groups is 1. The number of aliphatic hydroxyl groups is 1. The van der Waals surface area contributed by atoms with Crippen LogP contribution in [0, 0.1) is 13.8 Å². The van der Waals surface area contributed by atoms with E-state index in [0.29, 0.717) is 23.9 Å². The zero-order valence-corrected chi connectivity index (χ0v) is 39.4. The minimum absolute atomic E-state index is 0.00677. The molecule has 0 radical (unpaired) electrons. The summed E-state index contributed by atoms with van der Waals surface area (Å²) in [7, 11) is 1.39. The first-order valence-electron chi connectivity index (χ1n) is 22.8. The fourth-order valence-electron chi connectivity index (χ4n) is 6.20. The van der Waals surface area contributed by atoms with Crippen molar-refractivity contribution in [3.8, 4) is 0 Å². The molecule has 0 saturated carbocycles. The van der Waals surface area contributed by atoms with Crippen molar-refractivity contribution in [1.82, 2.24) is 0 Å². The minimum atomic E-state index is -4.41. The summed E-state index contributed by atoms with van der Waals surface area (Å²) < 4.78 is 40.5. The van der Waals surface area contributed by atoms with Crippen LogP contribution >= 0.6 is 7.82 Å². The van der Waals surface area contributed by atoms with Gasteiger partial charge in [0.2, 0.25) is 0 Å². The number of aryl methyl sites for hydroxylation is 2. The number of likely N-dealkylation sites (N-methyl/N-ethyl adjacent to an activating group) is 1. The summed E-state index contributed by atoms with van der Waals surface area (Å²) in [5.41, 5.74) is 2.59. The average Bonchev–Trinajstić information content (AvgIpc) is 3.45. The summed E-state index contributed by atoms with van der Waals surface area (Å²) in [5, 5.41) is 9.28. The molecule has 0 amide bonds. The maximum absolute atomic E-state index is 12.8. The highest BCUT2D eigenvalue weighted by Crippen LogP contribution is 2.43. The van der Waals surface area contributed by atoms with E-state index in [4.69, 9.17) is 22.9 Å². The number of nitrogens with zero attached hydrogens (tertiary/aromatic N) is 1. The van der Waals surface area contributed by atoms with Crippen molar-refractivity contribution in [2.24, 2.45) is 0 Å². The van der Waals surface area contributed by atoms with Crippen LogP contribution in [0.4, 0.5) is 0 Å². The van der Waals surface area contributed by atoms with E-state index in [2.05, 4.69) is 63.3 Å². The summed E-state index contributed by atoms with van der Waals surface area (Å²) in [4.78, 5) is 35.5. The van der Waals surface area contributed by atoms with Gasteiger partial charge in [-0.3, -0.25) is 18.6 Å². The number of hydrogen-bond acceptors (Lipinski definition) is 9. The maximum Gasteiger partial charge on any atom is 0.472 e. The zero-order chi connectivity index (χ0) is 44.5. The van der Waals surface area contributed by atoms with Crippen molar-refractivity contribution >= 4 is 19.8 Å². The number of aliphatic hydroxyl groups excluding tert-OH is 1. The number of allylic oxidation sites excluding steroid dienone is 8. The second-order valence-electron chi connectivity index (χ2n) is 16.9. The molecular weight excluding hydrogens is 781 g/mol. The highest BCUT2D eigenvalue weighted by atomic mass is 31.2. The van der Waals surface area contributed by atoms with Crippen molar-refractivity contribution < 1.29 is 51.6 Å². The Hall–Kier alpha value is -2.79. The normalized spacial score (nSPS) is 14.5. The molecule has 0 bridgehead atoms. The van der Waals surface area contributed by atoms with Crippen LogP contribution < -0.4 is 0 Å². The first-order valence-corrected chi connectivity index (χ1v) is 24.3. The first kappa shape index (κ1) is 55.2. The monoisotopic (exact) mass is 865 g/mol. The van der Waals surface area contributed by atoms with Crippen LogP contribution in [0.5, 0.6) is 0 Å². The molecule has 11 nitrogen and oxygen atoms in total. The van der Waals surface area contributed by atoms with Gasteiger partial charge in [-0.1, -0.05) is 94.1 Å². The number of unbranched alkanes of at least 4 members (excludes halogenated alkanes) is 9. The van der Waals surface area contributed by atoms with Crippen LogP contribution in [0.25, 0.3) is 0 Å². The van der Waals surface area contributed by atoms with Crippen LogP contribution in [0.3, 0.4) is 0 Å². The van der Waals surface area contributed by atoms with Gasteiger partial charge in [-0.05, 0) is 103 Å². The van der Waals surface area contributed by atoms with Gasteiger partial charge >= 0.3 is 19.8 Å². The van der Waals surface area contributed by atoms with E-state index in [1.54, 1.807) is 0 Å². The third kappa shape index (κ3) is 31.1. The van der Waals surface area contributed by atoms with Gasteiger partial charge in [-0.25, -0.2) is 4.57 Å². The number of esters is 2. The van der Waals surface area contributed by atoms with E-state index in [-0.39, 0.29) is 32.2 Å². The molecule has 0 aromatic carbocycles. The minimum Gasteiger partial charge on any atom is -0.466 e. The molecule has 0 aliphatic heterocycles. The zero-order valence-electron chi connectivity index (χ0n) is 38.5. The number of ether oxygens (including phenoxy) is 2. The summed E-state index contributed by atoms with van der Waals surface area (Å²) in [6.45, 7) is 8.13. The standard InChI is InChI=1S/C48H82NO10P/c1-8-9-27-33-45-42(3)43(4)46(59-45)34-29-24-21-22-26-31-36-48(52)58-44(40-57-60(53,54)56-38-37-49(5,6)7)39-55-47(51)35-30-25-20-18-16-14-12-10-11-13-15-17-19-23-28-32-41(2)50/h11-14,17-20,41,44,50H,8-10,15-16,21-40H2,1-7H3/p+1/b13-11-,14-12-,19-17-,20-18-/t41-,44-/m1/s1. The Morgan fingerprint density at radius 1 is 0.700 bits per heavy atom. The Labute approximate surface area is 363 Å². The van der Waals surface area contributed by atoms with Gasteiger partial charge in [-0.15, -0.1) is 0 Å². The number of phosphoric acid groups is 1. The molecule has 344 valence electrons. The number of quaternary nitrogens is 1. The lowest BCUT2D eigenvalue weighted by atomic mass is 10.0. The summed E-state index contributed by atoms with van der Waals surface area (Å²) in [6, 6.07) is 0. The number of rotatable bonds is 37. The van der Waals surface area contributed by atoms with E-state index in [1.165, 1.54) is 30.4 Å². The molecule has 2 N–H and O–H groups in total. The lowest BCUT2D eigenvalue weighted by Crippen LogP contribution is -2.37. The Morgan fingerprint density at radius 3 is 1.78 bits per heavy atom. The number of carbonyl (C=O) groups excluding carboxylic acids is 2. The van der Waals surface area contributed by atoms with Crippen LogP contribution in [-0.2, 0) is 45.5 Å². The second kappa shape index (κ2) is 33.8. The van der Waals surface area contributed by atoms with Crippen molar-refractivity contribution in [3.63, 3.8) is 0 Å². The number of carbonyl (C=O) groups is 2. The van der Waals surface area contributed by atoms with Crippen molar-refractivity contribution in [2.45, 2.75) is 175 Å². The van der Waals surface area contributed by atoms with E-state index in [0.717, 1.165) is 101 Å². The maximum atomic E-state index is 12.8. The Balaban J connectivity index is 2.42. The quantitative estimate of drug-likeness (QED) is 0.0218. The van der Waals surface area contributed by atoms with Gasteiger partial charge in [0.1, 0.15) is 31.3 Å². The van der Waals surface area contributed by atoms with Gasteiger partial charge in [0.25, 0.3) is 0 Å². The number of hydrogen-bond donors (Lipinski definition) is 2. The predicted octanol–water partition coefficient (Wildman–Crippen LogP) is 11.3. The fourth-order valence-corrected chi connectivity index (χ4v) is 6.94. The van der Waals surface area contributed by atoms with Crippen LogP contribution in [-0.4, -0.2) is 86.1 Å². The fraction of sp³-hybridized carbons (Fsp3) is 0.708. The van der Waals surface area contributed by atoms with E-state index < -0.39 is 32.5 Å². The Morgan fingerprint density at radius 2 is 1.22 bits per heavy atom. The van der Waals surface area contributed by atoms with Gasteiger partial charge in [-0.2, -0.15) is 0 Å². The van der Waals surface area contributed by atoms with Crippen molar-refractivity contribution in [3.05, 3.63) is 71.3 Å². The molecule has 0 aliphatic carbocycles.